The molecule has 1 aromatic rings. The van der Waals surface area contributed by atoms with Crippen LogP contribution < -0.4 is 11.1 Å². The molecule has 0 aliphatic carbocycles. The second kappa shape index (κ2) is 5.65. The normalized spacial score (nSPS) is 22.9. The second-order valence-electron chi connectivity index (χ2n) is 5.10. The molecular formula is C14H20N2OS. The van der Waals surface area contributed by atoms with Gasteiger partial charge in [-0.05, 0) is 43.2 Å². The monoisotopic (exact) mass is 264 g/mol. The maximum Gasteiger partial charge on any atom is 0.224 e. The van der Waals surface area contributed by atoms with Crippen LogP contribution in [0.5, 0.6) is 0 Å². The van der Waals surface area contributed by atoms with Crippen LogP contribution in [0.2, 0.25) is 0 Å². The number of carbonyl (C=O) groups is 1. The van der Waals surface area contributed by atoms with Crippen molar-refractivity contribution in [3.63, 3.8) is 0 Å². The van der Waals surface area contributed by atoms with Crippen LogP contribution in [0, 0.1) is 0 Å². The Hall–Kier alpha value is -1.16. The molecule has 18 heavy (non-hydrogen) atoms. The molecule has 1 atom stereocenters. The van der Waals surface area contributed by atoms with Crippen LogP contribution in [-0.2, 0) is 11.2 Å². The lowest BCUT2D eigenvalue weighted by molar-refractivity contribution is -0.120. The van der Waals surface area contributed by atoms with Crippen LogP contribution in [0.25, 0.3) is 0 Å². The minimum absolute atomic E-state index is 0.0912. The summed E-state index contributed by atoms with van der Waals surface area (Å²) in [5, 5.41) is 3.04. The van der Waals surface area contributed by atoms with Crippen molar-refractivity contribution in [3.05, 3.63) is 29.8 Å². The van der Waals surface area contributed by atoms with Gasteiger partial charge in [-0.25, -0.2) is 0 Å². The van der Waals surface area contributed by atoms with Crippen molar-refractivity contribution < 1.29 is 4.79 Å². The number of nitrogens with two attached hydrogens (primary N) is 1. The number of thioether (sulfide) groups is 1. The van der Waals surface area contributed by atoms with E-state index in [0.717, 1.165) is 17.8 Å². The minimum Gasteiger partial charge on any atom is -0.399 e. The van der Waals surface area contributed by atoms with Gasteiger partial charge >= 0.3 is 0 Å². The largest absolute Gasteiger partial charge is 0.399 e. The molecule has 0 saturated carbocycles. The first-order valence-electron chi connectivity index (χ1n) is 6.32. The predicted molar refractivity (Wildman–Crippen MR) is 77.7 cm³/mol. The van der Waals surface area contributed by atoms with E-state index in [1.807, 2.05) is 36.0 Å². The summed E-state index contributed by atoms with van der Waals surface area (Å²) in [6.45, 7) is 3.00. The summed E-state index contributed by atoms with van der Waals surface area (Å²) in [6.07, 6.45) is 2.88. The molecule has 1 aliphatic rings. The van der Waals surface area contributed by atoms with Crippen molar-refractivity contribution in [2.75, 3.05) is 18.0 Å². The Balaban J connectivity index is 1.80. The van der Waals surface area contributed by atoms with Crippen molar-refractivity contribution in [3.8, 4) is 0 Å². The summed E-state index contributed by atoms with van der Waals surface area (Å²) in [4.78, 5) is 11.8. The smallest absolute Gasteiger partial charge is 0.224 e. The van der Waals surface area contributed by atoms with Gasteiger partial charge in [-0.1, -0.05) is 12.1 Å². The second-order valence-corrected chi connectivity index (χ2v) is 6.78. The van der Waals surface area contributed by atoms with E-state index in [9.17, 15) is 4.79 Å². The summed E-state index contributed by atoms with van der Waals surface area (Å²) in [5.41, 5.74) is 7.35. The molecule has 2 rings (SSSR count). The zero-order valence-electron chi connectivity index (χ0n) is 10.7. The highest BCUT2D eigenvalue weighted by Crippen LogP contribution is 2.36. The fourth-order valence-corrected chi connectivity index (χ4v) is 3.39. The van der Waals surface area contributed by atoms with E-state index in [-0.39, 0.29) is 10.7 Å². The highest BCUT2D eigenvalue weighted by atomic mass is 32.2. The van der Waals surface area contributed by atoms with E-state index >= 15 is 0 Å². The number of hydrogen-bond donors (Lipinski definition) is 2. The number of nitrogen functional groups attached to an aromatic ring is 1. The van der Waals surface area contributed by atoms with Gasteiger partial charge in [-0.15, -0.1) is 0 Å². The molecular weight excluding hydrogens is 244 g/mol. The van der Waals surface area contributed by atoms with Crippen LogP contribution in [-0.4, -0.2) is 23.0 Å². The van der Waals surface area contributed by atoms with Gasteiger partial charge in [0.15, 0.2) is 0 Å². The third kappa shape index (κ3) is 3.67. The first-order valence-corrected chi connectivity index (χ1v) is 7.31. The molecule has 3 nitrogen and oxygen atoms in total. The third-order valence-corrected chi connectivity index (χ3v) is 4.84. The Morgan fingerprint density at radius 3 is 2.78 bits per heavy atom. The maximum absolute atomic E-state index is 11.8. The van der Waals surface area contributed by atoms with Gasteiger partial charge in [0.2, 0.25) is 5.91 Å². The van der Waals surface area contributed by atoms with Gasteiger partial charge in [-0.3, -0.25) is 4.79 Å². The van der Waals surface area contributed by atoms with Crippen molar-refractivity contribution in [2.24, 2.45) is 0 Å². The quantitative estimate of drug-likeness (QED) is 0.820. The summed E-state index contributed by atoms with van der Waals surface area (Å²) < 4.78 is 0.233. The summed E-state index contributed by atoms with van der Waals surface area (Å²) in [7, 11) is 0. The van der Waals surface area contributed by atoms with E-state index in [0.29, 0.717) is 6.42 Å². The molecule has 0 bridgehead atoms. The van der Waals surface area contributed by atoms with Crippen molar-refractivity contribution in [1.29, 1.82) is 0 Å². The molecule has 1 aliphatic heterocycles. The number of anilines is 1. The van der Waals surface area contributed by atoms with Crippen molar-refractivity contribution in [2.45, 2.75) is 30.9 Å². The maximum atomic E-state index is 11.8. The SMILES string of the molecule is CC1(CNC(=O)Cc2ccc(N)cc2)CCCS1. The fraction of sp³-hybridized carbons (Fsp3) is 0.500. The number of nitrogens with one attached hydrogen (secondary N) is 1. The number of benzene rings is 1. The molecule has 0 aromatic heterocycles. The van der Waals surface area contributed by atoms with Gasteiger partial charge in [-0.2, -0.15) is 11.8 Å². The summed E-state index contributed by atoms with van der Waals surface area (Å²) in [6, 6.07) is 7.47. The van der Waals surface area contributed by atoms with E-state index in [2.05, 4.69) is 12.2 Å². The average molecular weight is 264 g/mol. The Kier molecular flexibility index (Phi) is 4.17. The molecule has 0 spiro atoms. The number of amides is 1. The molecule has 3 N–H and O–H groups in total. The van der Waals surface area contributed by atoms with Crippen molar-refractivity contribution in [1.82, 2.24) is 5.32 Å². The zero-order valence-corrected chi connectivity index (χ0v) is 11.6. The van der Waals surface area contributed by atoms with E-state index < -0.39 is 0 Å². The first kappa shape index (κ1) is 13.3. The fourth-order valence-electron chi connectivity index (χ4n) is 2.15. The average Bonchev–Trinajstić information content (AvgIpc) is 2.78. The van der Waals surface area contributed by atoms with Crippen molar-refractivity contribution >= 4 is 23.4 Å². The molecule has 1 fully saturated rings. The van der Waals surface area contributed by atoms with Gasteiger partial charge < -0.3 is 11.1 Å². The van der Waals surface area contributed by atoms with Crippen LogP contribution in [0.1, 0.15) is 25.3 Å². The highest BCUT2D eigenvalue weighted by molar-refractivity contribution is 8.00. The molecule has 98 valence electrons. The van der Waals surface area contributed by atoms with Crippen LogP contribution >= 0.6 is 11.8 Å². The summed E-state index contributed by atoms with van der Waals surface area (Å²) in [5.74, 6) is 1.30. The lowest BCUT2D eigenvalue weighted by Gasteiger charge is -2.22. The Labute approximate surface area is 113 Å². The Morgan fingerprint density at radius 1 is 1.44 bits per heavy atom. The number of carbonyl (C=O) groups excluding carboxylic acids is 1. The lowest BCUT2D eigenvalue weighted by Crippen LogP contribution is -2.37. The highest BCUT2D eigenvalue weighted by Gasteiger charge is 2.29. The molecule has 1 aromatic carbocycles. The number of hydrogen-bond acceptors (Lipinski definition) is 3. The molecule has 4 heteroatoms. The third-order valence-electron chi connectivity index (χ3n) is 3.30. The Morgan fingerprint density at radius 2 is 2.17 bits per heavy atom. The molecule has 1 saturated heterocycles. The number of rotatable bonds is 4. The van der Waals surface area contributed by atoms with E-state index in [4.69, 9.17) is 5.73 Å². The molecule has 1 unspecified atom stereocenters. The summed E-state index contributed by atoms with van der Waals surface area (Å²) >= 11 is 1.96. The molecule has 1 heterocycles. The first-order chi connectivity index (χ1) is 8.57. The van der Waals surface area contributed by atoms with Gasteiger partial charge in [0.25, 0.3) is 0 Å². The topological polar surface area (TPSA) is 55.1 Å². The zero-order chi connectivity index (χ0) is 13.0. The van der Waals surface area contributed by atoms with Crippen LogP contribution in [0.15, 0.2) is 24.3 Å². The predicted octanol–water partition coefficient (Wildman–Crippen LogP) is 2.21. The standard InChI is InChI=1S/C14H20N2OS/c1-14(7-2-8-18-14)10-16-13(17)9-11-3-5-12(15)6-4-11/h3-6H,2,7-10,15H2,1H3,(H,16,17). The van der Waals surface area contributed by atoms with Crippen LogP contribution in [0.4, 0.5) is 5.69 Å². The lowest BCUT2D eigenvalue weighted by atomic mass is 10.1. The molecule has 1 amide bonds. The Bertz CT molecular complexity index is 410. The van der Waals surface area contributed by atoms with E-state index in [1.54, 1.807) is 0 Å². The minimum atomic E-state index is 0.0912. The van der Waals surface area contributed by atoms with Gasteiger partial charge in [0, 0.05) is 17.0 Å². The van der Waals surface area contributed by atoms with Gasteiger partial charge in [0.1, 0.15) is 0 Å². The molecule has 0 radical (unpaired) electrons. The van der Waals surface area contributed by atoms with Crippen LogP contribution in [0.3, 0.4) is 0 Å². The van der Waals surface area contributed by atoms with E-state index in [1.165, 1.54) is 18.6 Å². The van der Waals surface area contributed by atoms with Gasteiger partial charge in [0.05, 0.1) is 6.42 Å².